The number of amides is 1. The van der Waals surface area contributed by atoms with Crippen molar-refractivity contribution in [1.29, 1.82) is 0 Å². The molecule has 0 unspecified atom stereocenters. The van der Waals surface area contributed by atoms with E-state index in [0.717, 1.165) is 17.6 Å². The Morgan fingerprint density at radius 2 is 1.87 bits per heavy atom. The number of anilines is 2. The average Bonchev–Trinajstić information content (AvgIpc) is 2.80. The topological polar surface area (TPSA) is 89.0 Å². The zero-order valence-corrected chi connectivity index (χ0v) is 16.5. The maximum Gasteiger partial charge on any atom is 0.255 e. The number of aromatic nitrogens is 3. The van der Waals surface area contributed by atoms with Crippen molar-refractivity contribution in [3.05, 3.63) is 84.3 Å². The normalized spacial score (nSPS) is 10.6. The molecule has 2 aromatic heterocycles. The third-order valence-corrected chi connectivity index (χ3v) is 4.61. The van der Waals surface area contributed by atoms with Crippen LogP contribution >= 0.6 is 0 Å². The van der Waals surface area contributed by atoms with Crippen LogP contribution in [0.5, 0.6) is 5.88 Å². The molecule has 0 atom stereocenters. The second-order valence-corrected chi connectivity index (χ2v) is 6.63. The van der Waals surface area contributed by atoms with Gasteiger partial charge in [0.25, 0.3) is 5.91 Å². The minimum atomic E-state index is -0.235. The van der Waals surface area contributed by atoms with E-state index >= 15 is 0 Å². The first kappa shape index (κ1) is 19.3. The number of fused-ring (bicyclic) bond motifs is 1. The van der Waals surface area contributed by atoms with Crippen molar-refractivity contribution in [3.8, 4) is 5.88 Å². The Kier molecular flexibility index (Phi) is 5.80. The first-order valence-electron chi connectivity index (χ1n) is 9.59. The molecule has 0 saturated heterocycles. The highest BCUT2D eigenvalue weighted by molar-refractivity contribution is 6.06. The molecule has 1 amide bonds. The van der Waals surface area contributed by atoms with Crippen molar-refractivity contribution < 1.29 is 9.53 Å². The van der Waals surface area contributed by atoms with Crippen molar-refractivity contribution in [2.75, 3.05) is 24.3 Å². The Hall–Kier alpha value is -4.00. The first-order chi connectivity index (χ1) is 14.7. The molecule has 0 radical (unpaired) electrons. The highest BCUT2D eigenvalue weighted by Crippen LogP contribution is 2.21. The summed E-state index contributed by atoms with van der Waals surface area (Å²) in [5, 5.41) is 6.72. The number of hydrogen-bond acceptors (Lipinski definition) is 6. The summed E-state index contributed by atoms with van der Waals surface area (Å²) in [6.07, 6.45) is 3.86. The molecule has 2 heterocycles. The Balaban J connectivity index is 1.37. The summed E-state index contributed by atoms with van der Waals surface area (Å²) in [7, 11) is 1.80. The fraction of sp³-hybridized carbons (Fsp3) is 0.130. The van der Waals surface area contributed by atoms with Gasteiger partial charge < -0.3 is 15.4 Å². The molecule has 30 heavy (non-hydrogen) atoms. The van der Waals surface area contributed by atoms with Gasteiger partial charge in [0, 0.05) is 30.5 Å². The molecule has 0 aliphatic heterocycles. The van der Waals surface area contributed by atoms with Crippen LogP contribution in [-0.4, -0.2) is 34.5 Å². The van der Waals surface area contributed by atoms with Gasteiger partial charge in [-0.3, -0.25) is 4.79 Å². The standard InChI is InChI=1S/C23H21N5O2/c1-24-22-19-9-7-17(13-20(19)26-15-27-22)23(29)28-18-8-10-21(25-14-18)30-12-11-16-5-3-2-4-6-16/h2-10,13-15H,11-12H2,1H3,(H,28,29)(H,24,26,27). The van der Waals surface area contributed by atoms with Gasteiger partial charge in [-0.15, -0.1) is 0 Å². The van der Waals surface area contributed by atoms with E-state index in [1.165, 1.54) is 11.9 Å². The van der Waals surface area contributed by atoms with Gasteiger partial charge in [-0.1, -0.05) is 30.3 Å². The lowest BCUT2D eigenvalue weighted by Gasteiger charge is -2.09. The summed E-state index contributed by atoms with van der Waals surface area (Å²) in [5.74, 6) is 1.01. The van der Waals surface area contributed by atoms with Crippen LogP contribution in [0.25, 0.3) is 10.9 Å². The number of pyridine rings is 1. The van der Waals surface area contributed by atoms with Gasteiger partial charge in [-0.05, 0) is 29.8 Å². The predicted octanol–water partition coefficient (Wildman–Crippen LogP) is 3.94. The SMILES string of the molecule is CNc1ncnc2cc(C(=O)Nc3ccc(OCCc4ccccc4)nc3)ccc12. The van der Waals surface area contributed by atoms with Crippen LogP contribution in [0, 0.1) is 0 Å². The van der Waals surface area contributed by atoms with Gasteiger partial charge >= 0.3 is 0 Å². The van der Waals surface area contributed by atoms with Crippen molar-refractivity contribution >= 4 is 28.3 Å². The molecular formula is C23H21N5O2. The summed E-state index contributed by atoms with van der Waals surface area (Å²) in [5.41, 5.74) is 3.01. The molecule has 4 rings (SSSR count). The number of hydrogen-bond donors (Lipinski definition) is 2. The summed E-state index contributed by atoms with van der Waals surface area (Å²) < 4.78 is 5.68. The molecule has 150 valence electrons. The van der Waals surface area contributed by atoms with E-state index in [2.05, 4.69) is 37.7 Å². The van der Waals surface area contributed by atoms with E-state index in [9.17, 15) is 4.79 Å². The molecule has 7 heteroatoms. The number of rotatable bonds is 7. The number of benzene rings is 2. The molecule has 4 aromatic rings. The Morgan fingerprint density at radius 3 is 2.63 bits per heavy atom. The molecule has 0 spiro atoms. The van der Waals surface area contributed by atoms with E-state index in [1.807, 2.05) is 24.3 Å². The van der Waals surface area contributed by atoms with E-state index in [0.29, 0.717) is 29.3 Å². The predicted molar refractivity (Wildman–Crippen MR) is 117 cm³/mol. The van der Waals surface area contributed by atoms with Gasteiger partial charge in [0.15, 0.2) is 0 Å². The zero-order chi connectivity index (χ0) is 20.8. The lowest BCUT2D eigenvalue weighted by atomic mass is 10.1. The summed E-state index contributed by atoms with van der Waals surface area (Å²) in [6.45, 7) is 0.538. The molecule has 7 nitrogen and oxygen atoms in total. The molecule has 2 aromatic carbocycles. The van der Waals surface area contributed by atoms with Crippen LogP contribution in [0.3, 0.4) is 0 Å². The second-order valence-electron chi connectivity index (χ2n) is 6.63. The Labute approximate surface area is 174 Å². The third-order valence-electron chi connectivity index (χ3n) is 4.61. The van der Waals surface area contributed by atoms with Gasteiger partial charge in [-0.2, -0.15) is 0 Å². The fourth-order valence-corrected chi connectivity index (χ4v) is 3.06. The number of carbonyl (C=O) groups is 1. The van der Waals surface area contributed by atoms with E-state index in [1.54, 1.807) is 37.5 Å². The highest BCUT2D eigenvalue weighted by Gasteiger charge is 2.10. The molecule has 2 N–H and O–H groups in total. The van der Waals surface area contributed by atoms with Crippen molar-refractivity contribution in [2.24, 2.45) is 0 Å². The maximum atomic E-state index is 12.6. The number of nitrogens with one attached hydrogen (secondary N) is 2. The van der Waals surface area contributed by atoms with E-state index < -0.39 is 0 Å². The molecule has 0 bridgehead atoms. The number of ether oxygens (including phenoxy) is 1. The van der Waals surface area contributed by atoms with E-state index in [-0.39, 0.29) is 5.91 Å². The van der Waals surface area contributed by atoms with Crippen LogP contribution in [0.1, 0.15) is 15.9 Å². The molecule has 0 aliphatic rings. The third kappa shape index (κ3) is 4.52. The van der Waals surface area contributed by atoms with Crippen LogP contribution in [-0.2, 0) is 6.42 Å². The minimum Gasteiger partial charge on any atom is -0.477 e. The largest absolute Gasteiger partial charge is 0.477 e. The quantitative estimate of drug-likeness (QED) is 0.489. The lowest BCUT2D eigenvalue weighted by molar-refractivity contribution is 0.102. The van der Waals surface area contributed by atoms with E-state index in [4.69, 9.17) is 4.74 Å². The van der Waals surface area contributed by atoms with Crippen molar-refractivity contribution in [2.45, 2.75) is 6.42 Å². The molecular weight excluding hydrogens is 378 g/mol. The second kappa shape index (κ2) is 9.00. The summed E-state index contributed by atoms with van der Waals surface area (Å²) in [6, 6.07) is 19.0. The van der Waals surface area contributed by atoms with Crippen LogP contribution in [0.15, 0.2) is 73.2 Å². The summed E-state index contributed by atoms with van der Waals surface area (Å²) in [4.78, 5) is 25.3. The Morgan fingerprint density at radius 1 is 1.00 bits per heavy atom. The lowest BCUT2D eigenvalue weighted by Crippen LogP contribution is -2.12. The smallest absolute Gasteiger partial charge is 0.255 e. The average molecular weight is 399 g/mol. The molecule has 0 aliphatic carbocycles. The molecule has 0 saturated carbocycles. The van der Waals surface area contributed by atoms with Gasteiger partial charge in [0.2, 0.25) is 5.88 Å². The van der Waals surface area contributed by atoms with Gasteiger partial charge in [-0.25, -0.2) is 15.0 Å². The van der Waals surface area contributed by atoms with Crippen LogP contribution in [0.2, 0.25) is 0 Å². The summed E-state index contributed by atoms with van der Waals surface area (Å²) >= 11 is 0. The Bertz CT molecular complexity index is 1150. The van der Waals surface area contributed by atoms with Crippen molar-refractivity contribution in [3.63, 3.8) is 0 Å². The first-order valence-corrected chi connectivity index (χ1v) is 9.59. The van der Waals surface area contributed by atoms with Crippen molar-refractivity contribution in [1.82, 2.24) is 15.0 Å². The monoisotopic (exact) mass is 399 g/mol. The van der Waals surface area contributed by atoms with Crippen LogP contribution < -0.4 is 15.4 Å². The minimum absolute atomic E-state index is 0.235. The maximum absolute atomic E-state index is 12.6. The zero-order valence-electron chi connectivity index (χ0n) is 16.5. The number of nitrogens with zero attached hydrogens (tertiary/aromatic N) is 3. The van der Waals surface area contributed by atoms with Gasteiger partial charge in [0.05, 0.1) is 24.0 Å². The van der Waals surface area contributed by atoms with Crippen LogP contribution in [0.4, 0.5) is 11.5 Å². The number of carbonyl (C=O) groups excluding carboxylic acids is 1. The fourth-order valence-electron chi connectivity index (χ4n) is 3.06. The van der Waals surface area contributed by atoms with Gasteiger partial charge in [0.1, 0.15) is 12.1 Å². The molecule has 0 fully saturated rings. The highest BCUT2D eigenvalue weighted by atomic mass is 16.5.